The molecular formula is C13H12F2O4S. The number of carbonyl (C=O) groups is 2. The molecule has 0 radical (unpaired) electrons. The minimum absolute atomic E-state index is 0.0976. The quantitative estimate of drug-likeness (QED) is 0.619. The van der Waals surface area contributed by atoms with E-state index in [-0.39, 0.29) is 17.5 Å². The van der Waals surface area contributed by atoms with Crippen molar-refractivity contribution in [3.63, 3.8) is 0 Å². The SMILES string of the molecule is Cc1c(SCCC=C(F)F)cc(C(=O)O)cc1C(=O)O. The van der Waals surface area contributed by atoms with Crippen molar-refractivity contribution in [2.75, 3.05) is 5.75 Å². The molecule has 1 aromatic carbocycles. The van der Waals surface area contributed by atoms with Crippen molar-refractivity contribution in [2.45, 2.75) is 18.2 Å². The molecule has 0 heterocycles. The fourth-order valence-corrected chi connectivity index (χ4v) is 2.51. The summed E-state index contributed by atoms with van der Waals surface area (Å²) in [5, 5.41) is 18.0. The molecule has 1 rings (SSSR count). The lowest BCUT2D eigenvalue weighted by Crippen LogP contribution is -2.06. The van der Waals surface area contributed by atoms with Gasteiger partial charge in [0.2, 0.25) is 0 Å². The Hall–Kier alpha value is -1.89. The number of allylic oxidation sites excluding steroid dienone is 1. The first-order valence-electron chi connectivity index (χ1n) is 5.58. The Bertz CT molecular complexity index is 566. The molecule has 0 unspecified atom stereocenters. The highest BCUT2D eigenvalue weighted by Gasteiger charge is 2.16. The zero-order chi connectivity index (χ0) is 15.3. The van der Waals surface area contributed by atoms with E-state index in [0.29, 0.717) is 16.2 Å². The molecule has 0 fully saturated rings. The summed E-state index contributed by atoms with van der Waals surface area (Å²) < 4.78 is 23.8. The molecular weight excluding hydrogens is 290 g/mol. The molecule has 0 saturated carbocycles. The molecule has 108 valence electrons. The van der Waals surface area contributed by atoms with E-state index in [4.69, 9.17) is 10.2 Å². The van der Waals surface area contributed by atoms with Crippen molar-refractivity contribution in [1.82, 2.24) is 0 Å². The molecule has 0 aliphatic rings. The van der Waals surface area contributed by atoms with Gasteiger partial charge in [-0.3, -0.25) is 0 Å². The van der Waals surface area contributed by atoms with Crippen molar-refractivity contribution in [3.05, 3.63) is 41.0 Å². The van der Waals surface area contributed by atoms with Gasteiger partial charge in [0.1, 0.15) is 0 Å². The molecule has 0 spiro atoms. The molecule has 0 aliphatic heterocycles. The van der Waals surface area contributed by atoms with Crippen LogP contribution in [0.15, 0.2) is 29.2 Å². The number of hydrogen-bond acceptors (Lipinski definition) is 3. The van der Waals surface area contributed by atoms with Gasteiger partial charge in [-0.15, -0.1) is 11.8 Å². The number of carboxylic acid groups (broad SMARTS) is 2. The second-order valence-corrected chi connectivity index (χ2v) is 5.02. The van der Waals surface area contributed by atoms with Crippen LogP contribution in [0, 0.1) is 6.92 Å². The molecule has 20 heavy (non-hydrogen) atoms. The first-order chi connectivity index (χ1) is 9.32. The smallest absolute Gasteiger partial charge is 0.336 e. The van der Waals surface area contributed by atoms with Crippen molar-refractivity contribution < 1.29 is 28.6 Å². The minimum atomic E-state index is -1.77. The van der Waals surface area contributed by atoms with Gasteiger partial charge in [0.25, 0.3) is 6.08 Å². The minimum Gasteiger partial charge on any atom is -0.478 e. The third kappa shape index (κ3) is 4.34. The number of halogens is 2. The number of rotatable bonds is 6. The lowest BCUT2D eigenvalue weighted by molar-refractivity contribution is 0.0695. The van der Waals surface area contributed by atoms with Crippen LogP contribution in [0.4, 0.5) is 8.78 Å². The molecule has 4 nitrogen and oxygen atoms in total. The lowest BCUT2D eigenvalue weighted by Gasteiger charge is -2.09. The number of benzene rings is 1. The predicted molar refractivity (Wildman–Crippen MR) is 70.7 cm³/mol. The third-order valence-corrected chi connectivity index (χ3v) is 3.69. The molecule has 1 aromatic rings. The van der Waals surface area contributed by atoms with Crippen molar-refractivity contribution in [3.8, 4) is 0 Å². The normalized spacial score (nSPS) is 10.2. The Morgan fingerprint density at radius 1 is 1.25 bits per heavy atom. The topological polar surface area (TPSA) is 74.6 Å². The van der Waals surface area contributed by atoms with Crippen LogP contribution in [-0.2, 0) is 0 Å². The van der Waals surface area contributed by atoms with Crippen LogP contribution < -0.4 is 0 Å². The van der Waals surface area contributed by atoms with Gasteiger partial charge in [-0.1, -0.05) is 0 Å². The van der Waals surface area contributed by atoms with Crippen molar-refractivity contribution in [1.29, 1.82) is 0 Å². The molecule has 2 N–H and O–H groups in total. The summed E-state index contributed by atoms with van der Waals surface area (Å²) in [4.78, 5) is 22.5. The monoisotopic (exact) mass is 302 g/mol. The highest BCUT2D eigenvalue weighted by molar-refractivity contribution is 7.99. The molecule has 0 aromatic heterocycles. The number of hydrogen-bond donors (Lipinski definition) is 2. The van der Waals surface area contributed by atoms with Gasteiger partial charge in [0, 0.05) is 10.6 Å². The van der Waals surface area contributed by atoms with Crippen molar-refractivity contribution >= 4 is 23.7 Å². The Balaban J connectivity index is 3.02. The Labute approximate surface area is 118 Å². The largest absolute Gasteiger partial charge is 0.478 e. The summed E-state index contributed by atoms with van der Waals surface area (Å²) in [7, 11) is 0. The van der Waals surface area contributed by atoms with E-state index in [2.05, 4.69) is 0 Å². The van der Waals surface area contributed by atoms with E-state index >= 15 is 0 Å². The van der Waals surface area contributed by atoms with Crippen molar-refractivity contribution in [2.24, 2.45) is 0 Å². The standard InChI is InChI=1S/C13H12F2O4S/c1-7-9(13(18)19)5-8(12(16)17)6-10(7)20-4-2-3-11(14)15/h3,5-6H,2,4H2,1H3,(H,16,17)(H,18,19). The van der Waals surface area contributed by atoms with E-state index in [0.717, 1.165) is 23.9 Å². The average Bonchev–Trinajstić information content (AvgIpc) is 2.35. The summed E-state index contributed by atoms with van der Waals surface area (Å²) in [6.07, 6.45) is -0.888. The molecule has 7 heteroatoms. The molecule has 0 saturated heterocycles. The second kappa shape index (κ2) is 7.04. The summed E-state index contributed by atoms with van der Waals surface area (Å²) in [6.45, 7) is 1.56. The molecule has 0 aliphatic carbocycles. The van der Waals surface area contributed by atoms with E-state index in [1.807, 2.05) is 0 Å². The van der Waals surface area contributed by atoms with Gasteiger partial charge in [0.15, 0.2) is 0 Å². The van der Waals surface area contributed by atoms with Gasteiger partial charge < -0.3 is 10.2 Å². The zero-order valence-corrected chi connectivity index (χ0v) is 11.3. The Morgan fingerprint density at radius 3 is 2.40 bits per heavy atom. The zero-order valence-electron chi connectivity index (χ0n) is 10.5. The summed E-state index contributed by atoms with van der Waals surface area (Å²) >= 11 is 1.15. The fourth-order valence-electron chi connectivity index (χ4n) is 1.52. The molecule has 0 bridgehead atoms. The second-order valence-electron chi connectivity index (χ2n) is 3.89. The predicted octanol–water partition coefficient (Wildman–Crippen LogP) is 3.65. The maximum absolute atomic E-state index is 11.9. The van der Waals surface area contributed by atoms with Crippen LogP contribution in [-0.4, -0.2) is 27.9 Å². The maximum Gasteiger partial charge on any atom is 0.336 e. The van der Waals surface area contributed by atoms with Crippen LogP contribution in [0.5, 0.6) is 0 Å². The summed E-state index contributed by atoms with van der Waals surface area (Å²) in [5.74, 6) is -2.15. The highest BCUT2D eigenvalue weighted by atomic mass is 32.2. The van der Waals surface area contributed by atoms with E-state index < -0.39 is 18.0 Å². The van der Waals surface area contributed by atoms with Crippen LogP contribution in [0.1, 0.15) is 32.7 Å². The van der Waals surface area contributed by atoms with Crippen LogP contribution in [0.3, 0.4) is 0 Å². The highest BCUT2D eigenvalue weighted by Crippen LogP contribution is 2.28. The van der Waals surface area contributed by atoms with Gasteiger partial charge in [-0.05, 0) is 37.1 Å². The van der Waals surface area contributed by atoms with Crippen LogP contribution in [0.25, 0.3) is 0 Å². The number of thioether (sulfide) groups is 1. The molecule has 0 atom stereocenters. The first-order valence-corrected chi connectivity index (χ1v) is 6.56. The first kappa shape index (κ1) is 16.2. The fraction of sp³-hybridized carbons (Fsp3) is 0.231. The maximum atomic E-state index is 11.9. The van der Waals surface area contributed by atoms with Crippen LogP contribution >= 0.6 is 11.8 Å². The Kier molecular flexibility index (Phi) is 5.69. The number of carboxylic acids is 2. The van der Waals surface area contributed by atoms with Crippen LogP contribution in [0.2, 0.25) is 0 Å². The molecule has 0 amide bonds. The number of aromatic carboxylic acids is 2. The van der Waals surface area contributed by atoms with Gasteiger partial charge in [0.05, 0.1) is 11.1 Å². The Morgan fingerprint density at radius 2 is 1.90 bits per heavy atom. The van der Waals surface area contributed by atoms with E-state index in [1.165, 1.54) is 6.07 Å². The third-order valence-electron chi connectivity index (χ3n) is 2.51. The summed E-state index contributed by atoms with van der Waals surface area (Å²) in [5.41, 5.74) is 0.194. The average molecular weight is 302 g/mol. The van der Waals surface area contributed by atoms with Gasteiger partial charge in [-0.25, -0.2) is 9.59 Å². The lowest BCUT2D eigenvalue weighted by atomic mass is 10.1. The van der Waals surface area contributed by atoms with Gasteiger partial charge >= 0.3 is 11.9 Å². The van der Waals surface area contributed by atoms with E-state index in [1.54, 1.807) is 6.92 Å². The van der Waals surface area contributed by atoms with Gasteiger partial charge in [-0.2, -0.15) is 8.78 Å². The summed E-state index contributed by atoms with van der Waals surface area (Å²) in [6, 6.07) is 2.44. The van der Waals surface area contributed by atoms with E-state index in [9.17, 15) is 18.4 Å².